The minimum atomic E-state index is -0.560. The Hall–Kier alpha value is -1.87. The molecule has 2 aromatic carbocycles. The van der Waals surface area contributed by atoms with Crippen molar-refractivity contribution >= 4 is 0 Å². The summed E-state index contributed by atoms with van der Waals surface area (Å²) in [5.74, 6) is -0.824. The molecule has 0 spiro atoms. The normalized spacial score (nSPS) is 10.9. The Kier molecular flexibility index (Phi) is 5.13. The maximum Gasteiger partial charge on any atom is 0.164 e. The smallest absolute Gasteiger partial charge is 0.164 e. The molecule has 0 radical (unpaired) electrons. The molecule has 2 aromatic rings. The fourth-order valence-electron chi connectivity index (χ4n) is 2.24. The van der Waals surface area contributed by atoms with Crippen LogP contribution >= 0.6 is 0 Å². The summed E-state index contributed by atoms with van der Waals surface area (Å²) in [4.78, 5) is 2.26. The lowest BCUT2D eigenvalue weighted by Gasteiger charge is -2.16. The van der Waals surface area contributed by atoms with Crippen LogP contribution < -0.4 is 0 Å². The fraction of sp³-hybridized carbons (Fsp3) is 0.294. The number of aromatic hydroxyl groups is 1. The molecule has 0 saturated heterocycles. The largest absolute Gasteiger partial charge is 0.505 e. The van der Waals surface area contributed by atoms with Crippen molar-refractivity contribution in [3.8, 4) is 5.75 Å². The molecule has 0 amide bonds. The molecule has 0 atom stereocenters. The second-order valence-electron chi connectivity index (χ2n) is 5.11. The summed E-state index contributed by atoms with van der Waals surface area (Å²) in [6.07, 6.45) is 1.82. The van der Waals surface area contributed by atoms with Gasteiger partial charge in [-0.05, 0) is 49.7 Å². The Bertz CT molecular complexity index is 542. The van der Waals surface area contributed by atoms with E-state index in [0.717, 1.165) is 31.5 Å². The van der Waals surface area contributed by atoms with Gasteiger partial charge in [-0.2, -0.15) is 0 Å². The van der Waals surface area contributed by atoms with Crippen LogP contribution in [0.15, 0.2) is 48.5 Å². The number of halogens is 1. The zero-order valence-corrected chi connectivity index (χ0v) is 11.7. The van der Waals surface area contributed by atoms with Crippen molar-refractivity contribution in [1.29, 1.82) is 0 Å². The van der Waals surface area contributed by atoms with Gasteiger partial charge in [-0.15, -0.1) is 0 Å². The van der Waals surface area contributed by atoms with Gasteiger partial charge in [0.25, 0.3) is 0 Å². The molecule has 0 bridgehead atoms. The van der Waals surface area contributed by atoms with Crippen molar-refractivity contribution in [3.63, 3.8) is 0 Å². The highest BCUT2D eigenvalue weighted by Crippen LogP contribution is 2.17. The molecule has 2 rings (SSSR count). The van der Waals surface area contributed by atoms with E-state index in [0.29, 0.717) is 0 Å². The molecule has 0 aliphatic carbocycles. The first kappa shape index (κ1) is 14.5. The maximum atomic E-state index is 12.9. The molecule has 2 nitrogen and oxygen atoms in total. The van der Waals surface area contributed by atoms with Crippen LogP contribution in [0.25, 0.3) is 0 Å². The van der Waals surface area contributed by atoms with Gasteiger partial charge in [0, 0.05) is 6.54 Å². The first-order valence-electron chi connectivity index (χ1n) is 6.85. The van der Waals surface area contributed by atoms with Gasteiger partial charge in [-0.25, -0.2) is 4.39 Å². The number of hydrogen-bond acceptors (Lipinski definition) is 2. The minimum Gasteiger partial charge on any atom is -0.505 e. The molecule has 3 heteroatoms. The summed E-state index contributed by atoms with van der Waals surface area (Å²) in [5.41, 5.74) is 2.27. The van der Waals surface area contributed by atoms with E-state index in [1.807, 2.05) is 18.2 Å². The second kappa shape index (κ2) is 7.06. The third-order valence-electron chi connectivity index (χ3n) is 3.31. The Morgan fingerprint density at radius 1 is 1.05 bits per heavy atom. The van der Waals surface area contributed by atoms with Crippen LogP contribution in [0.3, 0.4) is 0 Å². The van der Waals surface area contributed by atoms with Crippen LogP contribution in [0.5, 0.6) is 5.75 Å². The predicted molar refractivity (Wildman–Crippen MR) is 79.2 cm³/mol. The summed E-state index contributed by atoms with van der Waals surface area (Å²) >= 11 is 0. The van der Waals surface area contributed by atoms with Gasteiger partial charge in [0.2, 0.25) is 0 Å². The maximum absolute atomic E-state index is 12.9. The predicted octanol–water partition coefficient (Wildman–Crippen LogP) is 3.60. The Labute approximate surface area is 119 Å². The number of nitrogens with zero attached hydrogens (tertiary/aromatic N) is 1. The van der Waals surface area contributed by atoms with Gasteiger partial charge in [-0.1, -0.05) is 36.4 Å². The molecule has 1 N–H and O–H groups in total. The second-order valence-corrected chi connectivity index (χ2v) is 5.11. The summed E-state index contributed by atoms with van der Waals surface area (Å²) in [6.45, 7) is 1.89. The minimum absolute atomic E-state index is 0.264. The zero-order chi connectivity index (χ0) is 14.4. The van der Waals surface area contributed by atoms with Gasteiger partial charge < -0.3 is 10.0 Å². The van der Waals surface area contributed by atoms with E-state index in [1.54, 1.807) is 6.07 Å². The van der Waals surface area contributed by atoms with Crippen molar-refractivity contribution in [2.24, 2.45) is 0 Å². The molecule has 0 aliphatic rings. The summed E-state index contributed by atoms with van der Waals surface area (Å²) in [5, 5.41) is 9.32. The van der Waals surface area contributed by atoms with E-state index in [1.165, 1.54) is 17.7 Å². The van der Waals surface area contributed by atoms with E-state index in [2.05, 4.69) is 24.1 Å². The van der Waals surface area contributed by atoms with E-state index in [4.69, 9.17) is 0 Å². The number of phenols is 1. The van der Waals surface area contributed by atoms with Crippen LogP contribution in [0, 0.1) is 5.82 Å². The third kappa shape index (κ3) is 4.35. The van der Waals surface area contributed by atoms with Crippen LogP contribution in [-0.4, -0.2) is 23.6 Å². The number of hydrogen-bond donors (Lipinski definition) is 1. The lowest BCUT2D eigenvalue weighted by molar-refractivity contribution is 0.322. The first-order chi connectivity index (χ1) is 9.65. The van der Waals surface area contributed by atoms with Crippen LogP contribution in [0.4, 0.5) is 4.39 Å². The van der Waals surface area contributed by atoms with Crippen molar-refractivity contribution in [1.82, 2.24) is 4.90 Å². The molecule has 0 fully saturated rings. The lowest BCUT2D eigenvalue weighted by atomic mass is 10.1. The van der Waals surface area contributed by atoms with E-state index >= 15 is 0 Å². The van der Waals surface area contributed by atoms with Crippen molar-refractivity contribution in [3.05, 3.63) is 65.5 Å². The highest BCUT2D eigenvalue weighted by atomic mass is 19.1. The van der Waals surface area contributed by atoms with Gasteiger partial charge in [0.15, 0.2) is 11.6 Å². The van der Waals surface area contributed by atoms with E-state index < -0.39 is 5.82 Å². The lowest BCUT2D eigenvalue weighted by Crippen LogP contribution is -2.19. The molecular weight excluding hydrogens is 253 g/mol. The van der Waals surface area contributed by atoms with Crippen molar-refractivity contribution < 1.29 is 9.50 Å². The van der Waals surface area contributed by atoms with Gasteiger partial charge in [-0.3, -0.25) is 0 Å². The number of benzene rings is 2. The quantitative estimate of drug-likeness (QED) is 0.869. The topological polar surface area (TPSA) is 23.5 Å². The Morgan fingerprint density at radius 3 is 2.50 bits per heavy atom. The summed E-state index contributed by atoms with van der Waals surface area (Å²) < 4.78 is 12.9. The first-order valence-corrected chi connectivity index (χ1v) is 6.85. The van der Waals surface area contributed by atoms with E-state index in [-0.39, 0.29) is 5.75 Å². The molecule has 0 aromatic heterocycles. The SMILES string of the molecule is CN(CCCc1ccc(F)c(O)c1)Cc1ccccc1. The monoisotopic (exact) mass is 273 g/mol. The molecular formula is C17H20FNO. The average molecular weight is 273 g/mol. The summed E-state index contributed by atoms with van der Waals surface area (Å²) in [6, 6.07) is 14.9. The molecule has 0 heterocycles. The fourth-order valence-corrected chi connectivity index (χ4v) is 2.24. The summed E-state index contributed by atoms with van der Waals surface area (Å²) in [7, 11) is 2.09. The van der Waals surface area contributed by atoms with Crippen LogP contribution in [0.2, 0.25) is 0 Å². The van der Waals surface area contributed by atoms with Crippen molar-refractivity contribution in [2.75, 3.05) is 13.6 Å². The molecule has 0 saturated carbocycles. The number of rotatable bonds is 6. The zero-order valence-electron chi connectivity index (χ0n) is 11.7. The van der Waals surface area contributed by atoms with Crippen molar-refractivity contribution in [2.45, 2.75) is 19.4 Å². The van der Waals surface area contributed by atoms with Gasteiger partial charge in [0.05, 0.1) is 0 Å². The van der Waals surface area contributed by atoms with Crippen LogP contribution in [-0.2, 0) is 13.0 Å². The Morgan fingerprint density at radius 2 is 1.80 bits per heavy atom. The average Bonchev–Trinajstić information content (AvgIpc) is 2.44. The molecule has 0 unspecified atom stereocenters. The van der Waals surface area contributed by atoms with Crippen LogP contribution in [0.1, 0.15) is 17.5 Å². The van der Waals surface area contributed by atoms with E-state index in [9.17, 15) is 9.50 Å². The standard InChI is InChI=1S/C17H20FNO/c1-19(13-15-6-3-2-4-7-15)11-5-8-14-9-10-16(18)17(20)12-14/h2-4,6-7,9-10,12,20H,5,8,11,13H2,1H3. The third-order valence-corrected chi connectivity index (χ3v) is 3.31. The van der Waals surface area contributed by atoms with Gasteiger partial charge >= 0.3 is 0 Å². The highest BCUT2D eigenvalue weighted by molar-refractivity contribution is 5.29. The Balaban J connectivity index is 1.76. The van der Waals surface area contributed by atoms with Gasteiger partial charge in [0.1, 0.15) is 0 Å². The molecule has 106 valence electrons. The highest BCUT2D eigenvalue weighted by Gasteiger charge is 2.03. The number of aryl methyl sites for hydroxylation is 1. The molecule has 20 heavy (non-hydrogen) atoms. The molecule has 0 aliphatic heterocycles. The number of phenolic OH excluding ortho intramolecular Hbond substituents is 1.